The summed E-state index contributed by atoms with van der Waals surface area (Å²) in [5.41, 5.74) is 4.16. The molecule has 6 nitrogen and oxygen atoms in total. The van der Waals surface area contributed by atoms with Crippen LogP contribution in [0.1, 0.15) is 33.9 Å². The van der Waals surface area contributed by atoms with E-state index in [9.17, 15) is 4.79 Å². The van der Waals surface area contributed by atoms with Gasteiger partial charge in [-0.2, -0.15) is 5.10 Å². The van der Waals surface area contributed by atoms with Gasteiger partial charge in [0, 0.05) is 23.7 Å². The summed E-state index contributed by atoms with van der Waals surface area (Å²) in [7, 11) is 1.63. The van der Waals surface area contributed by atoms with Crippen molar-refractivity contribution in [2.24, 2.45) is 0 Å². The van der Waals surface area contributed by atoms with Crippen LogP contribution < -0.4 is 14.8 Å². The maximum atomic E-state index is 13.5. The number of rotatable bonds is 6. The molecular weight excluding hydrogens is 414 g/mol. The van der Waals surface area contributed by atoms with E-state index >= 15 is 0 Å². The average molecular weight is 440 g/mol. The Hall–Kier alpha value is -4.06. The summed E-state index contributed by atoms with van der Waals surface area (Å²) >= 11 is 0. The molecule has 2 heterocycles. The largest absolute Gasteiger partial charge is 0.497 e. The van der Waals surface area contributed by atoms with Crippen LogP contribution in [0.15, 0.2) is 85.1 Å². The Morgan fingerprint density at radius 2 is 1.82 bits per heavy atom. The van der Waals surface area contributed by atoms with Gasteiger partial charge in [-0.3, -0.25) is 9.48 Å². The Balaban J connectivity index is 1.47. The van der Waals surface area contributed by atoms with Gasteiger partial charge >= 0.3 is 0 Å². The normalized spacial score (nSPS) is 14.8. The Morgan fingerprint density at radius 1 is 1.06 bits per heavy atom. The molecule has 33 heavy (non-hydrogen) atoms. The van der Waals surface area contributed by atoms with Gasteiger partial charge in [0.1, 0.15) is 17.2 Å². The maximum absolute atomic E-state index is 13.5. The highest BCUT2D eigenvalue weighted by Gasteiger charge is 2.25. The van der Waals surface area contributed by atoms with Gasteiger partial charge in [-0.15, -0.1) is 0 Å². The molecule has 1 aliphatic rings. The van der Waals surface area contributed by atoms with Gasteiger partial charge < -0.3 is 14.8 Å². The number of carbonyl (C=O) groups is 1. The lowest BCUT2D eigenvalue weighted by Crippen LogP contribution is -2.32. The third kappa shape index (κ3) is 4.46. The second kappa shape index (κ2) is 9.20. The Bertz CT molecular complexity index is 1250. The summed E-state index contributed by atoms with van der Waals surface area (Å²) in [5, 5.41) is 7.98. The Labute approximate surface area is 192 Å². The number of hydrogen-bond acceptors (Lipinski definition) is 4. The zero-order valence-corrected chi connectivity index (χ0v) is 18.4. The van der Waals surface area contributed by atoms with E-state index in [0.29, 0.717) is 24.4 Å². The number of methoxy groups -OCH3 is 1. The average Bonchev–Trinajstić information content (AvgIpc) is 3.29. The van der Waals surface area contributed by atoms with Crippen LogP contribution in [0, 0.1) is 0 Å². The van der Waals surface area contributed by atoms with Gasteiger partial charge in [0.25, 0.3) is 5.91 Å². The van der Waals surface area contributed by atoms with E-state index < -0.39 is 0 Å². The minimum Gasteiger partial charge on any atom is -0.497 e. The fourth-order valence-corrected chi connectivity index (χ4v) is 4.13. The van der Waals surface area contributed by atoms with E-state index in [4.69, 9.17) is 14.6 Å². The number of amides is 1. The van der Waals surface area contributed by atoms with Crippen molar-refractivity contribution >= 4 is 5.91 Å². The van der Waals surface area contributed by atoms with Crippen molar-refractivity contribution in [1.82, 2.24) is 15.1 Å². The zero-order chi connectivity index (χ0) is 22.6. The first-order valence-corrected chi connectivity index (χ1v) is 11.0. The number of aromatic nitrogens is 2. The van der Waals surface area contributed by atoms with E-state index in [2.05, 4.69) is 5.32 Å². The number of hydrogen-bond donors (Lipinski definition) is 1. The monoisotopic (exact) mass is 439 g/mol. The Morgan fingerprint density at radius 3 is 2.61 bits per heavy atom. The van der Waals surface area contributed by atoms with Crippen molar-refractivity contribution in [3.63, 3.8) is 0 Å². The molecule has 0 bridgehead atoms. The minimum atomic E-state index is -0.151. The number of para-hydroxylation sites is 1. The molecule has 1 aliphatic heterocycles. The highest BCUT2D eigenvalue weighted by molar-refractivity contribution is 6.00. The van der Waals surface area contributed by atoms with Crippen molar-refractivity contribution in [3.8, 4) is 22.8 Å². The summed E-state index contributed by atoms with van der Waals surface area (Å²) in [6, 6.07) is 25.4. The molecule has 0 fully saturated rings. The maximum Gasteiger partial charge on any atom is 0.255 e. The topological polar surface area (TPSA) is 65.4 Å². The van der Waals surface area contributed by atoms with E-state index in [-0.39, 0.29) is 11.9 Å². The molecule has 166 valence electrons. The summed E-state index contributed by atoms with van der Waals surface area (Å²) in [6.07, 6.45) is 2.55. The molecule has 1 atom stereocenters. The third-order valence-corrected chi connectivity index (χ3v) is 5.82. The molecule has 0 saturated heterocycles. The van der Waals surface area contributed by atoms with Crippen LogP contribution in [-0.4, -0.2) is 29.4 Å². The van der Waals surface area contributed by atoms with Crippen LogP contribution in [0.5, 0.6) is 11.5 Å². The van der Waals surface area contributed by atoms with Gasteiger partial charge in [0.05, 0.1) is 31.9 Å². The lowest BCUT2D eigenvalue weighted by atomic mass is 10.00. The van der Waals surface area contributed by atoms with Crippen LogP contribution in [0.25, 0.3) is 11.3 Å². The number of ether oxygens (including phenoxy) is 2. The second-order valence-corrected chi connectivity index (χ2v) is 8.00. The van der Waals surface area contributed by atoms with Crippen LogP contribution in [0.4, 0.5) is 0 Å². The minimum absolute atomic E-state index is 0.108. The predicted molar refractivity (Wildman–Crippen MR) is 127 cm³/mol. The highest BCUT2D eigenvalue weighted by Crippen LogP contribution is 2.32. The SMILES string of the molecule is COc1ccc(-c2nn(Cc3ccccc3)cc2C(=O)N[C@H]2CCOc3ccccc32)cc1. The van der Waals surface area contributed by atoms with Gasteiger partial charge in [0.2, 0.25) is 0 Å². The quantitative estimate of drug-likeness (QED) is 0.466. The smallest absolute Gasteiger partial charge is 0.255 e. The fourth-order valence-electron chi connectivity index (χ4n) is 4.13. The van der Waals surface area contributed by atoms with E-state index in [1.807, 2.05) is 89.7 Å². The van der Waals surface area contributed by atoms with Crippen LogP contribution in [0.3, 0.4) is 0 Å². The number of fused-ring (bicyclic) bond motifs is 1. The second-order valence-electron chi connectivity index (χ2n) is 8.00. The lowest BCUT2D eigenvalue weighted by Gasteiger charge is -2.26. The highest BCUT2D eigenvalue weighted by atomic mass is 16.5. The molecule has 0 aliphatic carbocycles. The molecule has 5 rings (SSSR count). The standard InChI is InChI=1S/C27H25N3O3/c1-32-21-13-11-20(12-14-21)26-23(18-30(29-26)17-19-7-3-2-4-8-19)27(31)28-24-15-16-33-25-10-6-5-9-22(24)25/h2-14,18,24H,15-17H2,1H3,(H,28,31)/t24-/m0/s1. The first-order valence-electron chi connectivity index (χ1n) is 11.0. The molecule has 0 unspecified atom stereocenters. The van der Waals surface area contributed by atoms with Crippen molar-refractivity contribution in [2.45, 2.75) is 19.0 Å². The number of nitrogens with zero attached hydrogens (tertiary/aromatic N) is 2. The van der Waals surface area contributed by atoms with Crippen molar-refractivity contribution in [2.75, 3.05) is 13.7 Å². The van der Waals surface area contributed by atoms with Gasteiger partial charge in [-0.05, 0) is 35.9 Å². The van der Waals surface area contributed by atoms with Crippen molar-refractivity contribution < 1.29 is 14.3 Å². The first-order chi connectivity index (χ1) is 16.2. The fraction of sp³-hybridized carbons (Fsp3) is 0.185. The summed E-state index contributed by atoms with van der Waals surface area (Å²) in [4.78, 5) is 13.5. The zero-order valence-electron chi connectivity index (χ0n) is 18.4. The molecule has 0 saturated carbocycles. The summed E-state index contributed by atoms with van der Waals surface area (Å²) in [5.74, 6) is 1.43. The molecule has 4 aromatic rings. The van der Waals surface area contributed by atoms with Crippen LogP contribution in [0.2, 0.25) is 0 Å². The predicted octanol–water partition coefficient (Wildman–Crippen LogP) is 4.86. The van der Waals surface area contributed by atoms with E-state index in [1.165, 1.54) is 0 Å². The van der Waals surface area contributed by atoms with Gasteiger partial charge in [-0.25, -0.2) is 0 Å². The van der Waals surface area contributed by atoms with Crippen molar-refractivity contribution in [3.05, 3.63) is 102 Å². The number of nitrogens with one attached hydrogen (secondary N) is 1. The van der Waals surface area contributed by atoms with E-state index in [1.54, 1.807) is 7.11 Å². The third-order valence-electron chi connectivity index (χ3n) is 5.82. The van der Waals surface area contributed by atoms with Gasteiger partial charge in [-0.1, -0.05) is 48.5 Å². The molecule has 6 heteroatoms. The molecule has 0 spiro atoms. The van der Waals surface area contributed by atoms with Crippen molar-refractivity contribution in [1.29, 1.82) is 0 Å². The first kappa shape index (κ1) is 20.8. The molecule has 1 N–H and O–H groups in total. The number of carbonyl (C=O) groups excluding carboxylic acids is 1. The van der Waals surface area contributed by atoms with E-state index in [0.717, 1.165) is 34.6 Å². The molecule has 3 aromatic carbocycles. The molecular formula is C27H25N3O3. The van der Waals surface area contributed by atoms with Crippen LogP contribution in [-0.2, 0) is 6.54 Å². The summed E-state index contributed by atoms with van der Waals surface area (Å²) < 4.78 is 12.9. The van der Waals surface area contributed by atoms with Crippen LogP contribution >= 0.6 is 0 Å². The lowest BCUT2D eigenvalue weighted by molar-refractivity contribution is 0.0925. The Kier molecular flexibility index (Phi) is 5.81. The number of benzene rings is 3. The molecule has 1 aromatic heterocycles. The molecule has 0 radical (unpaired) electrons. The molecule has 1 amide bonds. The van der Waals surface area contributed by atoms with Gasteiger partial charge in [0.15, 0.2) is 0 Å². The summed E-state index contributed by atoms with van der Waals surface area (Å²) in [6.45, 7) is 1.15.